The van der Waals surface area contributed by atoms with Gasteiger partial charge in [-0.3, -0.25) is 4.79 Å². The van der Waals surface area contributed by atoms with Gasteiger partial charge in [0.15, 0.2) is 0 Å². The predicted molar refractivity (Wildman–Crippen MR) is 138 cm³/mol. The van der Waals surface area contributed by atoms with Gasteiger partial charge in [0.05, 0.1) is 24.5 Å². The van der Waals surface area contributed by atoms with Crippen LogP contribution in [-0.4, -0.2) is 48.0 Å². The number of hydrogen-bond donors (Lipinski definition) is 1. The van der Waals surface area contributed by atoms with Crippen LogP contribution in [0.3, 0.4) is 0 Å². The number of halogens is 4. The fourth-order valence-corrected chi connectivity index (χ4v) is 6.49. The first-order valence-corrected chi connectivity index (χ1v) is 13.9. The number of nitrogens with zero attached hydrogens (tertiary/aromatic N) is 3. The van der Waals surface area contributed by atoms with Gasteiger partial charge >= 0.3 is 6.36 Å². The van der Waals surface area contributed by atoms with E-state index in [1.54, 1.807) is 18.3 Å². The summed E-state index contributed by atoms with van der Waals surface area (Å²) >= 11 is 6.49. The summed E-state index contributed by atoms with van der Waals surface area (Å²) in [5.74, 6) is 1.61. The van der Waals surface area contributed by atoms with E-state index in [-0.39, 0.29) is 28.4 Å². The van der Waals surface area contributed by atoms with E-state index in [2.05, 4.69) is 20.1 Å². The monoisotopic (exact) mass is 552 g/mol. The molecule has 1 saturated heterocycles. The van der Waals surface area contributed by atoms with E-state index in [9.17, 15) is 18.0 Å². The molecule has 0 spiro atoms. The van der Waals surface area contributed by atoms with Crippen LogP contribution >= 0.6 is 11.6 Å². The number of anilines is 2. The van der Waals surface area contributed by atoms with Gasteiger partial charge in [-0.2, -0.15) is 5.10 Å². The molecule has 0 unspecified atom stereocenters. The first-order chi connectivity index (χ1) is 18.3. The summed E-state index contributed by atoms with van der Waals surface area (Å²) in [6.07, 6.45) is 3.59. The molecular weight excluding hydrogens is 521 g/mol. The van der Waals surface area contributed by atoms with E-state index in [1.165, 1.54) is 23.2 Å². The van der Waals surface area contributed by atoms with Crippen LogP contribution in [0.1, 0.15) is 51.0 Å². The zero-order valence-electron chi connectivity index (χ0n) is 21.0. The Morgan fingerprint density at radius 2 is 1.76 bits per heavy atom. The minimum Gasteiger partial charge on any atom is -0.406 e. The Hall–Kier alpha value is -2.46. The molecule has 38 heavy (non-hydrogen) atoms. The summed E-state index contributed by atoms with van der Waals surface area (Å²) < 4.78 is 48.8. The summed E-state index contributed by atoms with van der Waals surface area (Å²) in [7, 11) is 0. The zero-order chi connectivity index (χ0) is 26.4. The molecule has 206 valence electrons. The average Bonchev–Trinajstić information content (AvgIpc) is 3.81. The van der Waals surface area contributed by atoms with Crippen LogP contribution in [0.4, 0.5) is 24.5 Å². The van der Waals surface area contributed by atoms with Crippen molar-refractivity contribution in [2.24, 2.45) is 17.8 Å². The van der Waals surface area contributed by atoms with Crippen molar-refractivity contribution in [3.05, 3.63) is 45.8 Å². The van der Waals surface area contributed by atoms with Crippen LogP contribution in [0, 0.1) is 17.8 Å². The molecule has 6 rings (SSSR count). The number of benzene rings is 1. The first kappa shape index (κ1) is 25.8. The van der Waals surface area contributed by atoms with Crippen molar-refractivity contribution in [1.29, 1.82) is 0 Å². The smallest absolute Gasteiger partial charge is 0.406 e. The molecule has 2 heterocycles. The van der Waals surface area contributed by atoms with Crippen molar-refractivity contribution in [1.82, 2.24) is 9.78 Å². The molecule has 2 aromatic rings. The molecule has 1 aliphatic heterocycles. The average molecular weight is 553 g/mol. The lowest BCUT2D eigenvalue weighted by Gasteiger charge is -2.39. The lowest BCUT2D eigenvalue weighted by molar-refractivity contribution is -0.274. The lowest BCUT2D eigenvalue weighted by atomic mass is 9.89. The van der Waals surface area contributed by atoms with Crippen molar-refractivity contribution in [3.63, 3.8) is 0 Å². The molecule has 4 aliphatic rings. The summed E-state index contributed by atoms with van der Waals surface area (Å²) in [4.78, 5) is 15.4. The standard InChI is InChI=1S/C27H32ClF3N4O3/c28-25-24(32-12-17-15-37-14-16-11-23(16)17)13-33-35(26(25)36)21-5-3-19(4-6-21)34(18-1-2-18)20-7-9-22(10-8-20)38-27(29,30)31/h7-10,13,16-19,21,23,32H,1-6,11-12,14-15H2/t16-,17-,19-,21-,23-/m1/s1. The molecule has 4 fully saturated rings. The number of aromatic nitrogens is 2. The SMILES string of the molecule is O=c1c(Cl)c(NC[C@@H]2COC[C@H]3C[C@@H]23)cnn1[C@H]1CC[C@H](N(c2ccc(OC(F)(F)F)cc2)C2CC2)CC1. The molecule has 0 radical (unpaired) electrons. The van der Waals surface area contributed by atoms with Crippen molar-refractivity contribution in [3.8, 4) is 5.75 Å². The highest BCUT2D eigenvalue weighted by Crippen LogP contribution is 2.47. The Labute approximate surface area is 224 Å². The summed E-state index contributed by atoms with van der Waals surface area (Å²) in [5, 5.41) is 7.97. The predicted octanol–water partition coefficient (Wildman–Crippen LogP) is 5.64. The number of hydrogen-bond acceptors (Lipinski definition) is 6. The van der Waals surface area contributed by atoms with E-state index in [0.717, 1.165) is 64.0 Å². The highest BCUT2D eigenvalue weighted by molar-refractivity contribution is 6.32. The van der Waals surface area contributed by atoms with Crippen molar-refractivity contribution >= 4 is 23.0 Å². The van der Waals surface area contributed by atoms with Gasteiger partial charge < -0.3 is 19.7 Å². The quantitative estimate of drug-likeness (QED) is 0.457. The molecule has 7 nitrogen and oxygen atoms in total. The number of ether oxygens (including phenoxy) is 2. The Kier molecular flexibility index (Phi) is 6.97. The second kappa shape index (κ2) is 10.3. The Balaban J connectivity index is 1.08. The van der Waals surface area contributed by atoms with Gasteiger partial charge in [-0.05, 0) is 81.0 Å². The molecule has 3 atom stereocenters. The van der Waals surface area contributed by atoms with Crippen molar-refractivity contribution in [2.45, 2.75) is 69.4 Å². The number of fused-ring (bicyclic) bond motifs is 1. The molecule has 3 aliphatic carbocycles. The van der Waals surface area contributed by atoms with Gasteiger partial charge in [0.1, 0.15) is 10.8 Å². The van der Waals surface area contributed by atoms with Crippen LogP contribution in [0.25, 0.3) is 0 Å². The highest BCUT2D eigenvalue weighted by atomic mass is 35.5. The zero-order valence-corrected chi connectivity index (χ0v) is 21.8. The molecule has 0 amide bonds. The second-order valence-corrected chi connectivity index (χ2v) is 11.5. The topological polar surface area (TPSA) is 68.6 Å². The minimum absolute atomic E-state index is 0.0344. The minimum atomic E-state index is -4.70. The fraction of sp³-hybridized carbons (Fsp3) is 0.630. The van der Waals surface area contributed by atoms with E-state index in [1.807, 2.05) is 0 Å². The number of nitrogens with one attached hydrogen (secondary N) is 1. The van der Waals surface area contributed by atoms with Crippen LogP contribution in [0.2, 0.25) is 5.02 Å². The largest absolute Gasteiger partial charge is 0.573 e. The maximum atomic E-state index is 13.1. The van der Waals surface area contributed by atoms with Gasteiger partial charge in [-0.15, -0.1) is 13.2 Å². The molecule has 1 aromatic heterocycles. The van der Waals surface area contributed by atoms with Crippen LogP contribution < -0.4 is 20.5 Å². The van der Waals surface area contributed by atoms with Crippen molar-refractivity contribution < 1.29 is 22.6 Å². The van der Waals surface area contributed by atoms with E-state index in [4.69, 9.17) is 16.3 Å². The Morgan fingerprint density at radius 3 is 2.42 bits per heavy atom. The normalized spacial score (nSPS) is 28.9. The third-order valence-electron chi connectivity index (χ3n) is 8.46. The Morgan fingerprint density at radius 1 is 1.08 bits per heavy atom. The van der Waals surface area contributed by atoms with Crippen LogP contribution in [-0.2, 0) is 4.74 Å². The lowest BCUT2D eigenvalue weighted by Crippen LogP contribution is -2.41. The molecule has 11 heteroatoms. The van der Waals surface area contributed by atoms with Gasteiger partial charge in [0, 0.05) is 36.8 Å². The van der Waals surface area contributed by atoms with Crippen LogP contribution in [0.5, 0.6) is 5.75 Å². The van der Waals surface area contributed by atoms with E-state index in [0.29, 0.717) is 29.5 Å². The van der Waals surface area contributed by atoms with Gasteiger partial charge in [0.25, 0.3) is 5.56 Å². The van der Waals surface area contributed by atoms with Crippen molar-refractivity contribution in [2.75, 3.05) is 30.0 Å². The maximum Gasteiger partial charge on any atom is 0.573 e. The third-order valence-corrected chi connectivity index (χ3v) is 8.82. The van der Waals surface area contributed by atoms with E-state index < -0.39 is 6.36 Å². The summed E-state index contributed by atoms with van der Waals surface area (Å²) in [6, 6.07) is 6.76. The second-order valence-electron chi connectivity index (χ2n) is 11.1. The third kappa shape index (κ3) is 5.61. The van der Waals surface area contributed by atoms with Crippen LogP contribution in [0.15, 0.2) is 35.3 Å². The fourth-order valence-electron chi connectivity index (χ4n) is 6.29. The molecule has 3 saturated carbocycles. The van der Waals surface area contributed by atoms with Gasteiger partial charge in [0.2, 0.25) is 0 Å². The highest BCUT2D eigenvalue weighted by Gasteiger charge is 2.46. The molecule has 1 aromatic carbocycles. The molecular formula is C27H32ClF3N4O3. The van der Waals surface area contributed by atoms with Gasteiger partial charge in [-0.1, -0.05) is 11.6 Å². The molecule has 0 bridgehead atoms. The molecule has 1 N–H and O–H groups in total. The number of rotatable bonds is 8. The summed E-state index contributed by atoms with van der Waals surface area (Å²) in [6.45, 7) is 2.32. The van der Waals surface area contributed by atoms with E-state index >= 15 is 0 Å². The summed E-state index contributed by atoms with van der Waals surface area (Å²) in [5.41, 5.74) is 1.20. The Bertz CT molecular complexity index is 1200. The van der Waals surface area contributed by atoms with Gasteiger partial charge in [-0.25, -0.2) is 4.68 Å². The first-order valence-electron chi connectivity index (χ1n) is 13.5. The number of alkyl halides is 3. The maximum absolute atomic E-state index is 13.1.